The van der Waals surface area contributed by atoms with Gasteiger partial charge in [0.25, 0.3) is 0 Å². The number of hydrogen-bond acceptors (Lipinski definition) is 3. The third-order valence-corrected chi connectivity index (χ3v) is 4.85. The fraction of sp³-hybridized carbons (Fsp3) is 0.500. The van der Waals surface area contributed by atoms with Crippen molar-refractivity contribution in [3.63, 3.8) is 0 Å². The molecule has 1 aliphatic carbocycles. The molecule has 0 saturated heterocycles. The Morgan fingerprint density at radius 2 is 2.28 bits per heavy atom. The highest BCUT2D eigenvalue weighted by atomic mass is 32.1. The summed E-state index contributed by atoms with van der Waals surface area (Å²) in [4.78, 5) is 2.59. The van der Waals surface area contributed by atoms with Crippen LogP contribution in [0.4, 0.5) is 0 Å². The van der Waals surface area contributed by atoms with Gasteiger partial charge in [0.2, 0.25) is 0 Å². The van der Waals surface area contributed by atoms with Gasteiger partial charge in [0.05, 0.1) is 11.8 Å². The summed E-state index contributed by atoms with van der Waals surface area (Å²) in [5, 5.41) is 14.6. The predicted molar refractivity (Wildman–Crippen MR) is 72.8 cm³/mol. The van der Waals surface area contributed by atoms with Crippen molar-refractivity contribution >= 4 is 11.3 Å². The molecule has 0 aliphatic heterocycles. The van der Waals surface area contributed by atoms with Gasteiger partial charge >= 0.3 is 0 Å². The maximum atomic E-state index is 10.3. The number of aliphatic hydroxyl groups excluding tert-OH is 1. The molecule has 96 valence electrons. The lowest BCUT2D eigenvalue weighted by atomic mass is 9.99. The van der Waals surface area contributed by atoms with Crippen LogP contribution in [-0.2, 0) is 26.3 Å². The Balaban J connectivity index is 1.75. The van der Waals surface area contributed by atoms with Crippen molar-refractivity contribution in [1.82, 2.24) is 9.78 Å². The summed E-state index contributed by atoms with van der Waals surface area (Å²) in [5.41, 5.74) is 2.41. The van der Waals surface area contributed by atoms with Gasteiger partial charge in [-0.15, -0.1) is 11.3 Å². The van der Waals surface area contributed by atoms with Gasteiger partial charge in [-0.3, -0.25) is 4.68 Å². The number of aryl methyl sites for hydroxylation is 3. The van der Waals surface area contributed by atoms with Gasteiger partial charge < -0.3 is 5.11 Å². The number of nitrogens with zero attached hydrogens (tertiary/aromatic N) is 2. The summed E-state index contributed by atoms with van der Waals surface area (Å²) in [7, 11) is 1.90. The summed E-state index contributed by atoms with van der Waals surface area (Å²) in [6.45, 7) is 0. The molecule has 0 aromatic carbocycles. The lowest BCUT2D eigenvalue weighted by Crippen LogP contribution is -2.01. The maximum Gasteiger partial charge on any atom is 0.0938 e. The van der Waals surface area contributed by atoms with Crippen LogP contribution in [-0.4, -0.2) is 14.9 Å². The van der Waals surface area contributed by atoms with Crippen LogP contribution in [0.2, 0.25) is 0 Å². The van der Waals surface area contributed by atoms with Crippen molar-refractivity contribution in [2.45, 2.75) is 38.2 Å². The third kappa shape index (κ3) is 2.35. The van der Waals surface area contributed by atoms with Gasteiger partial charge in [-0.25, -0.2) is 0 Å². The third-order valence-electron chi connectivity index (χ3n) is 3.52. The number of fused-ring (bicyclic) bond motifs is 1. The van der Waals surface area contributed by atoms with Crippen molar-refractivity contribution < 1.29 is 5.11 Å². The first-order valence-electron chi connectivity index (χ1n) is 6.50. The highest BCUT2D eigenvalue weighted by Crippen LogP contribution is 2.33. The molecule has 1 N–H and O–H groups in total. The molecule has 0 fully saturated rings. The SMILES string of the molecule is Cn1ccc(CC(O)c2cc3c(s2)CCCC3)n1. The van der Waals surface area contributed by atoms with Crippen molar-refractivity contribution in [1.29, 1.82) is 0 Å². The van der Waals surface area contributed by atoms with E-state index in [9.17, 15) is 5.11 Å². The van der Waals surface area contributed by atoms with Gasteiger partial charge in [-0.1, -0.05) is 0 Å². The van der Waals surface area contributed by atoms with E-state index < -0.39 is 6.10 Å². The van der Waals surface area contributed by atoms with E-state index in [1.54, 1.807) is 16.0 Å². The van der Waals surface area contributed by atoms with Gasteiger partial charge in [0.15, 0.2) is 0 Å². The van der Waals surface area contributed by atoms with Crippen molar-refractivity contribution in [2.75, 3.05) is 0 Å². The monoisotopic (exact) mass is 262 g/mol. The Morgan fingerprint density at radius 3 is 3.00 bits per heavy atom. The first kappa shape index (κ1) is 11.9. The Hall–Kier alpha value is -1.13. The van der Waals surface area contributed by atoms with Crippen LogP contribution in [0.25, 0.3) is 0 Å². The quantitative estimate of drug-likeness (QED) is 0.923. The van der Waals surface area contributed by atoms with E-state index in [1.165, 1.54) is 36.1 Å². The Kier molecular flexibility index (Phi) is 3.22. The maximum absolute atomic E-state index is 10.3. The van der Waals surface area contributed by atoms with E-state index in [2.05, 4.69) is 11.2 Å². The number of rotatable bonds is 3. The molecule has 2 aromatic heterocycles. The molecule has 18 heavy (non-hydrogen) atoms. The van der Waals surface area contributed by atoms with Gasteiger partial charge in [0, 0.05) is 29.4 Å². The van der Waals surface area contributed by atoms with Crippen molar-refractivity contribution in [2.24, 2.45) is 7.05 Å². The molecule has 3 nitrogen and oxygen atoms in total. The second kappa shape index (κ2) is 4.86. The molecule has 1 aliphatic rings. The molecular weight excluding hydrogens is 244 g/mol. The van der Waals surface area contributed by atoms with Crippen LogP contribution in [0.1, 0.15) is 40.0 Å². The minimum Gasteiger partial charge on any atom is -0.387 e. The van der Waals surface area contributed by atoms with Crippen LogP contribution >= 0.6 is 11.3 Å². The van der Waals surface area contributed by atoms with Crippen LogP contribution in [0.5, 0.6) is 0 Å². The molecular formula is C14H18N2OS. The molecule has 1 atom stereocenters. The second-order valence-corrected chi connectivity index (χ2v) is 6.17. The number of thiophene rings is 1. The molecule has 0 radical (unpaired) electrons. The Bertz CT molecular complexity index is 520. The van der Waals surface area contributed by atoms with Crippen LogP contribution in [0.3, 0.4) is 0 Å². The summed E-state index contributed by atoms with van der Waals surface area (Å²) in [6.07, 6.45) is 7.08. The fourth-order valence-corrected chi connectivity index (χ4v) is 3.79. The standard InChI is InChI=1S/C14H18N2OS/c1-16-7-6-11(15-16)9-12(17)14-8-10-4-2-3-5-13(10)18-14/h6-8,12,17H,2-5,9H2,1H3. The number of aliphatic hydroxyl groups is 1. The molecule has 4 heteroatoms. The van der Waals surface area contributed by atoms with E-state index in [0.29, 0.717) is 6.42 Å². The molecule has 0 amide bonds. The lowest BCUT2D eigenvalue weighted by molar-refractivity contribution is 0.181. The molecule has 2 heterocycles. The highest BCUT2D eigenvalue weighted by Gasteiger charge is 2.18. The molecule has 0 saturated carbocycles. The van der Waals surface area contributed by atoms with Crippen LogP contribution < -0.4 is 0 Å². The summed E-state index contributed by atoms with van der Waals surface area (Å²) >= 11 is 1.78. The average molecular weight is 262 g/mol. The Labute approximate surface area is 111 Å². The summed E-state index contributed by atoms with van der Waals surface area (Å²) in [6, 6.07) is 4.17. The first-order valence-corrected chi connectivity index (χ1v) is 7.32. The van der Waals surface area contributed by atoms with Gasteiger partial charge in [0.1, 0.15) is 0 Å². The second-order valence-electron chi connectivity index (χ2n) is 5.00. The molecule has 3 rings (SSSR count). The molecule has 1 unspecified atom stereocenters. The topological polar surface area (TPSA) is 38.0 Å². The predicted octanol–water partition coefficient (Wildman–Crippen LogP) is 2.64. The number of aromatic nitrogens is 2. The molecule has 0 spiro atoms. The van der Waals surface area contributed by atoms with E-state index in [0.717, 1.165) is 10.6 Å². The smallest absolute Gasteiger partial charge is 0.0938 e. The molecule has 0 bridgehead atoms. The van der Waals surface area contributed by atoms with E-state index in [4.69, 9.17) is 0 Å². The van der Waals surface area contributed by atoms with Crippen LogP contribution in [0, 0.1) is 0 Å². The van der Waals surface area contributed by atoms with Crippen molar-refractivity contribution in [3.05, 3.63) is 39.3 Å². The van der Waals surface area contributed by atoms with E-state index in [1.807, 2.05) is 19.3 Å². The minimum absolute atomic E-state index is 0.407. The summed E-state index contributed by atoms with van der Waals surface area (Å²) in [5.74, 6) is 0. The fourth-order valence-electron chi connectivity index (χ4n) is 2.55. The largest absolute Gasteiger partial charge is 0.387 e. The van der Waals surface area contributed by atoms with E-state index in [-0.39, 0.29) is 0 Å². The zero-order valence-electron chi connectivity index (χ0n) is 10.6. The minimum atomic E-state index is -0.407. The normalized spacial score (nSPS) is 16.6. The summed E-state index contributed by atoms with van der Waals surface area (Å²) < 4.78 is 1.78. The Morgan fingerprint density at radius 1 is 1.44 bits per heavy atom. The van der Waals surface area contributed by atoms with Crippen molar-refractivity contribution in [3.8, 4) is 0 Å². The number of hydrogen-bond donors (Lipinski definition) is 1. The molecule has 2 aromatic rings. The van der Waals surface area contributed by atoms with Gasteiger partial charge in [-0.2, -0.15) is 5.10 Å². The van der Waals surface area contributed by atoms with E-state index >= 15 is 0 Å². The zero-order valence-corrected chi connectivity index (χ0v) is 11.4. The zero-order chi connectivity index (χ0) is 12.5. The highest BCUT2D eigenvalue weighted by molar-refractivity contribution is 7.12. The first-order chi connectivity index (χ1) is 8.72. The van der Waals surface area contributed by atoms with Gasteiger partial charge in [-0.05, 0) is 43.4 Å². The van der Waals surface area contributed by atoms with Crippen LogP contribution in [0.15, 0.2) is 18.3 Å². The average Bonchev–Trinajstić information content (AvgIpc) is 2.95. The lowest BCUT2D eigenvalue weighted by Gasteiger charge is -2.08.